The first-order valence-electron chi connectivity index (χ1n) is 9.64. The highest BCUT2D eigenvalue weighted by atomic mass is 15.3. The number of aromatic nitrogens is 2. The quantitative estimate of drug-likeness (QED) is 0.706. The van der Waals surface area contributed by atoms with Gasteiger partial charge in [0.2, 0.25) is 5.95 Å². The Morgan fingerprint density at radius 2 is 1.54 bits per heavy atom. The molecule has 0 spiro atoms. The molecule has 134 valence electrons. The number of hydrogen-bond donors (Lipinski definition) is 1. The molecule has 1 saturated heterocycles. The maximum atomic E-state index is 4.94. The van der Waals surface area contributed by atoms with Crippen molar-refractivity contribution in [3.05, 3.63) is 60.2 Å². The highest BCUT2D eigenvalue weighted by Gasteiger charge is 2.16. The molecule has 0 amide bonds. The van der Waals surface area contributed by atoms with Crippen LogP contribution >= 0.6 is 0 Å². The predicted molar refractivity (Wildman–Crippen MR) is 109 cm³/mol. The van der Waals surface area contributed by atoms with E-state index in [9.17, 15) is 0 Å². The summed E-state index contributed by atoms with van der Waals surface area (Å²) >= 11 is 0. The highest BCUT2D eigenvalue weighted by Crippen LogP contribution is 2.27. The Labute approximate surface area is 155 Å². The van der Waals surface area contributed by atoms with Crippen LogP contribution < -0.4 is 10.2 Å². The van der Waals surface area contributed by atoms with Crippen molar-refractivity contribution in [2.45, 2.75) is 38.6 Å². The third-order valence-electron chi connectivity index (χ3n) is 5.13. The third-order valence-corrected chi connectivity index (χ3v) is 5.13. The van der Waals surface area contributed by atoms with E-state index in [1.807, 2.05) is 12.1 Å². The summed E-state index contributed by atoms with van der Waals surface area (Å²) in [6, 6.07) is 19.0. The van der Waals surface area contributed by atoms with Crippen LogP contribution in [-0.4, -0.2) is 23.1 Å². The molecule has 1 aliphatic rings. The standard InChI is InChI=1S/C22H26N4/c1-17(18-11-5-4-6-12-18)23-21-19-13-7-8-14-20(19)24-22(25-21)26-15-9-2-3-10-16-26/h4-8,11-14,17H,2-3,9-10,15-16H2,1H3,(H,23,24,25)/t17-/m1/s1. The van der Waals surface area contributed by atoms with Crippen LogP contribution in [0, 0.1) is 0 Å². The minimum absolute atomic E-state index is 0.187. The lowest BCUT2D eigenvalue weighted by atomic mass is 10.1. The number of nitrogens with one attached hydrogen (secondary N) is 1. The van der Waals surface area contributed by atoms with E-state index >= 15 is 0 Å². The van der Waals surface area contributed by atoms with Crippen molar-refractivity contribution in [1.82, 2.24) is 9.97 Å². The smallest absolute Gasteiger partial charge is 0.227 e. The van der Waals surface area contributed by atoms with Gasteiger partial charge in [0.1, 0.15) is 5.82 Å². The maximum Gasteiger partial charge on any atom is 0.227 e. The van der Waals surface area contributed by atoms with Gasteiger partial charge in [0.25, 0.3) is 0 Å². The summed E-state index contributed by atoms with van der Waals surface area (Å²) in [7, 11) is 0. The lowest BCUT2D eigenvalue weighted by Gasteiger charge is -2.23. The van der Waals surface area contributed by atoms with Gasteiger partial charge in [-0.25, -0.2) is 4.98 Å². The number of hydrogen-bond acceptors (Lipinski definition) is 4. The Hall–Kier alpha value is -2.62. The number of fused-ring (bicyclic) bond motifs is 1. The third kappa shape index (κ3) is 3.64. The average molecular weight is 346 g/mol. The van der Waals surface area contributed by atoms with Gasteiger partial charge >= 0.3 is 0 Å². The van der Waals surface area contributed by atoms with E-state index in [1.54, 1.807) is 0 Å². The molecule has 2 heterocycles. The predicted octanol–water partition coefficient (Wildman–Crippen LogP) is 5.18. The van der Waals surface area contributed by atoms with Crippen molar-refractivity contribution < 1.29 is 0 Å². The number of anilines is 2. The van der Waals surface area contributed by atoms with Crippen LogP contribution in [0.3, 0.4) is 0 Å². The van der Waals surface area contributed by atoms with Gasteiger partial charge in [-0.15, -0.1) is 0 Å². The molecule has 2 aromatic carbocycles. The topological polar surface area (TPSA) is 41.1 Å². The first kappa shape index (κ1) is 16.8. The number of benzene rings is 2. The van der Waals surface area contributed by atoms with E-state index in [4.69, 9.17) is 9.97 Å². The van der Waals surface area contributed by atoms with Gasteiger partial charge in [-0.3, -0.25) is 0 Å². The van der Waals surface area contributed by atoms with Gasteiger partial charge in [0, 0.05) is 24.5 Å². The molecule has 1 aliphatic heterocycles. The lowest BCUT2D eigenvalue weighted by Crippen LogP contribution is -2.26. The molecular formula is C22H26N4. The second-order valence-corrected chi connectivity index (χ2v) is 7.07. The molecule has 26 heavy (non-hydrogen) atoms. The zero-order valence-corrected chi connectivity index (χ0v) is 15.4. The van der Waals surface area contributed by atoms with E-state index in [2.05, 4.69) is 59.6 Å². The van der Waals surface area contributed by atoms with Crippen LogP contribution in [-0.2, 0) is 0 Å². The fourth-order valence-electron chi connectivity index (χ4n) is 3.62. The van der Waals surface area contributed by atoms with E-state index in [0.29, 0.717) is 0 Å². The lowest BCUT2D eigenvalue weighted by molar-refractivity contribution is 0.726. The van der Waals surface area contributed by atoms with Gasteiger partial charge in [0.15, 0.2) is 0 Å². The molecule has 0 saturated carbocycles. The Morgan fingerprint density at radius 3 is 2.31 bits per heavy atom. The van der Waals surface area contributed by atoms with Crippen LogP contribution in [0.15, 0.2) is 54.6 Å². The van der Waals surface area contributed by atoms with Crippen molar-refractivity contribution in [3.8, 4) is 0 Å². The first-order valence-corrected chi connectivity index (χ1v) is 9.64. The normalized spacial score (nSPS) is 16.3. The van der Waals surface area contributed by atoms with Crippen LogP contribution in [0.25, 0.3) is 10.9 Å². The monoisotopic (exact) mass is 346 g/mol. The summed E-state index contributed by atoms with van der Waals surface area (Å²) in [6.45, 7) is 4.27. The molecule has 0 aliphatic carbocycles. The number of para-hydroxylation sites is 1. The Balaban J connectivity index is 1.70. The SMILES string of the molecule is C[C@@H](Nc1nc(N2CCCCCC2)nc2ccccc12)c1ccccc1. The van der Waals surface area contributed by atoms with E-state index in [0.717, 1.165) is 35.8 Å². The number of rotatable bonds is 4. The summed E-state index contributed by atoms with van der Waals surface area (Å²) in [5, 5.41) is 4.70. The van der Waals surface area contributed by atoms with Crippen LogP contribution in [0.1, 0.15) is 44.2 Å². The fraction of sp³-hybridized carbons (Fsp3) is 0.364. The average Bonchev–Trinajstić information content (AvgIpc) is 2.98. The molecule has 0 unspecified atom stereocenters. The molecular weight excluding hydrogens is 320 g/mol. The molecule has 4 nitrogen and oxygen atoms in total. The molecule has 3 aromatic rings. The van der Waals surface area contributed by atoms with Crippen molar-refractivity contribution in [2.24, 2.45) is 0 Å². The largest absolute Gasteiger partial charge is 0.363 e. The van der Waals surface area contributed by atoms with Crippen LogP contribution in [0.4, 0.5) is 11.8 Å². The summed E-state index contributed by atoms with van der Waals surface area (Å²) < 4.78 is 0. The minimum atomic E-state index is 0.187. The van der Waals surface area contributed by atoms with Crippen molar-refractivity contribution >= 4 is 22.7 Å². The molecule has 4 rings (SSSR count). The summed E-state index contributed by atoms with van der Waals surface area (Å²) in [5.74, 6) is 1.78. The Bertz CT molecular complexity index is 854. The summed E-state index contributed by atoms with van der Waals surface area (Å²) in [6.07, 6.45) is 5.05. The van der Waals surface area contributed by atoms with Crippen LogP contribution in [0.2, 0.25) is 0 Å². The molecule has 1 aromatic heterocycles. The fourth-order valence-corrected chi connectivity index (χ4v) is 3.62. The first-order chi connectivity index (χ1) is 12.8. The summed E-state index contributed by atoms with van der Waals surface area (Å²) in [4.78, 5) is 12.1. The van der Waals surface area contributed by atoms with Gasteiger partial charge in [0.05, 0.1) is 5.52 Å². The van der Waals surface area contributed by atoms with Crippen molar-refractivity contribution in [2.75, 3.05) is 23.3 Å². The second-order valence-electron chi connectivity index (χ2n) is 7.07. The zero-order valence-electron chi connectivity index (χ0n) is 15.4. The van der Waals surface area contributed by atoms with Gasteiger partial charge < -0.3 is 10.2 Å². The van der Waals surface area contributed by atoms with Gasteiger partial charge in [-0.05, 0) is 37.5 Å². The molecule has 1 N–H and O–H groups in total. The van der Waals surface area contributed by atoms with E-state index < -0.39 is 0 Å². The molecule has 0 radical (unpaired) electrons. The Morgan fingerprint density at radius 1 is 0.846 bits per heavy atom. The second kappa shape index (κ2) is 7.73. The summed E-state index contributed by atoms with van der Waals surface area (Å²) in [5.41, 5.74) is 2.26. The van der Waals surface area contributed by atoms with Crippen molar-refractivity contribution in [1.29, 1.82) is 0 Å². The van der Waals surface area contributed by atoms with Crippen LogP contribution in [0.5, 0.6) is 0 Å². The molecule has 0 bridgehead atoms. The zero-order chi connectivity index (χ0) is 17.8. The maximum absolute atomic E-state index is 4.94. The molecule has 4 heteroatoms. The van der Waals surface area contributed by atoms with E-state index in [1.165, 1.54) is 31.2 Å². The number of nitrogens with zero attached hydrogens (tertiary/aromatic N) is 3. The minimum Gasteiger partial charge on any atom is -0.363 e. The van der Waals surface area contributed by atoms with E-state index in [-0.39, 0.29) is 6.04 Å². The highest BCUT2D eigenvalue weighted by molar-refractivity contribution is 5.90. The van der Waals surface area contributed by atoms with Crippen molar-refractivity contribution in [3.63, 3.8) is 0 Å². The Kier molecular flexibility index (Phi) is 5.00. The molecule has 1 atom stereocenters. The molecule has 1 fully saturated rings. The van der Waals surface area contributed by atoms with Gasteiger partial charge in [-0.1, -0.05) is 55.3 Å². The van der Waals surface area contributed by atoms with Gasteiger partial charge in [-0.2, -0.15) is 4.98 Å².